The number of aryl methyl sites for hydroxylation is 1. The molecule has 218 valence electrons. The van der Waals surface area contributed by atoms with Crippen molar-refractivity contribution in [3.8, 4) is 11.1 Å². The summed E-state index contributed by atoms with van der Waals surface area (Å²) in [5, 5.41) is 2.84. The van der Waals surface area contributed by atoms with Gasteiger partial charge in [-0.25, -0.2) is 4.79 Å². The Morgan fingerprint density at radius 1 is 0.976 bits per heavy atom. The summed E-state index contributed by atoms with van der Waals surface area (Å²) in [7, 11) is -4.54. The number of benzene rings is 3. The van der Waals surface area contributed by atoms with Gasteiger partial charge in [-0.05, 0) is 46.9 Å². The van der Waals surface area contributed by atoms with Crippen molar-refractivity contribution >= 4 is 62.7 Å². The predicted octanol–water partition coefficient (Wildman–Crippen LogP) is 5.50. The summed E-state index contributed by atoms with van der Waals surface area (Å²) in [6.45, 7) is 1.16. The maximum Gasteiger partial charge on any atom is 0.414 e. The lowest BCUT2D eigenvalue weighted by atomic mass is 9.98. The van der Waals surface area contributed by atoms with Crippen LogP contribution in [0.1, 0.15) is 22.6 Å². The minimum Gasteiger partial charge on any atom is -0.460 e. The Morgan fingerprint density at radius 2 is 1.59 bits per heavy atom. The molecule has 3 aromatic rings. The average Bonchev–Trinajstić information content (AvgIpc) is 3.24. The van der Waals surface area contributed by atoms with E-state index >= 15 is 0 Å². The minimum atomic E-state index is -4.54. The van der Waals surface area contributed by atoms with E-state index in [4.69, 9.17) is 44.3 Å². The molecule has 0 fully saturated rings. The molecule has 0 saturated heterocycles. The number of amides is 1. The number of fused-ring (bicyclic) bond motifs is 3. The first-order chi connectivity index (χ1) is 19.3. The second-order valence-corrected chi connectivity index (χ2v) is 13.3. The smallest absolute Gasteiger partial charge is 0.414 e. The average molecular weight is 642 g/mol. The topological polar surface area (TPSA) is 122 Å². The van der Waals surface area contributed by atoms with E-state index in [0.29, 0.717) is 5.56 Å². The number of nitrogens with one attached hydrogen (secondary N) is 1. The molecule has 0 aliphatic heterocycles. The van der Waals surface area contributed by atoms with Crippen molar-refractivity contribution in [2.24, 2.45) is 0 Å². The standard InChI is InChI=1S/C28H27Cl3N2O7S/c1-18-10-11-19(41(36,37)38)14-25(18)33(13-12-32-15-26(34)40-17-28(29,30)31)27(35)39-16-24-22-8-4-2-6-20(22)21-7-3-5-9-23(21)24/h2-11,14,24,32H,12-13,15-17H2,1H3,(H,36,37,38). The molecule has 0 unspecified atom stereocenters. The third kappa shape index (κ3) is 7.91. The van der Waals surface area contributed by atoms with Crippen molar-refractivity contribution in [1.29, 1.82) is 0 Å². The summed E-state index contributed by atoms with van der Waals surface area (Å²) in [4.78, 5) is 26.3. The number of halogens is 3. The van der Waals surface area contributed by atoms with Crippen LogP contribution in [0.3, 0.4) is 0 Å². The van der Waals surface area contributed by atoms with E-state index < -0.39 is 32.6 Å². The van der Waals surface area contributed by atoms with Gasteiger partial charge in [0, 0.05) is 19.0 Å². The highest BCUT2D eigenvalue weighted by molar-refractivity contribution is 7.85. The molecule has 0 atom stereocenters. The van der Waals surface area contributed by atoms with Crippen LogP contribution in [0.2, 0.25) is 0 Å². The van der Waals surface area contributed by atoms with E-state index in [2.05, 4.69) is 5.32 Å². The highest BCUT2D eigenvalue weighted by atomic mass is 35.6. The molecule has 41 heavy (non-hydrogen) atoms. The van der Waals surface area contributed by atoms with E-state index in [9.17, 15) is 22.6 Å². The molecule has 0 bridgehead atoms. The molecule has 1 amide bonds. The number of nitrogens with zero attached hydrogens (tertiary/aromatic N) is 1. The molecule has 0 heterocycles. The zero-order valence-corrected chi connectivity index (χ0v) is 24.9. The molecule has 0 spiro atoms. The van der Waals surface area contributed by atoms with Gasteiger partial charge in [0.25, 0.3) is 10.1 Å². The molecular formula is C28H27Cl3N2O7S. The van der Waals surface area contributed by atoms with Gasteiger partial charge in [0.05, 0.1) is 17.1 Å². The SMILES string of the molecule is Cc1ccc(S(=O)(=O)O)cc1N(CCNCC(=O)OCC(Cl)(Cl)Cl)C(=O)OCC1c2ccccc2-c2ccccc21. The van der Waals surface area contributed by atoms with Gasteiger partial charge in [-0.2, -0.15) is 8.42 Å². The molecule has 1 aliphatic carbocycles. The summed E-state index contributed by atoms with van der Waals surface area (Å²) in [5.41, 5.74) is 5.00. The number of alkyl halides is 3. The highest BCUT2D eigenvalue weighted by Gasteiger charge is 2.30. The molecule has 3 aromatic carbocycles. The van der Waals surface area contributed by atoms with Crippen LogP contribution < -0.4 is 10.2 Å². The van der Waals surface area contributed by atoms with Gasteiger partial charge in [-0.1, -0.05) is 89.4 Å². The first-order valence-electron chi connectivity index (χ1n) is 12.5. The molecule has 2 N–H and O–H groups in total. The molecule has 0 aromatic heterocycles. The Bertz CT molecular complexity index is 1500. The second-order valence-electron chi connectivity index (χ2n) is 9.33. The first-order valence-corrected chi connectivity index (χ1v) is 15.1. The van der Waals surface area contributed by atoms with Crippen molar-refractivity contribution in [1.82, 2.24) is 5.32 Å². The van der Waals surface area contributed by atoms with Crippen LogP contribution >= 0.6 is 34.8 Å². The summed E-state index contributed by atoms with van der Waals surface area (Å²) in [6, 6.07) is 19.7. The van der Waals surface area contributed by atoms with Crippen molar-refractivity contribution in [3.05, 3.63) is 83.4 Å². The molecular weight excluding hydrogens is 615 g/mol. The Kier molecular flexibility index (Phi) is 9.84. The third-order valence-corrected chi connectivity index (χ3v) is 7.68. The van der Waals surface area contributed by atoms with Crippen molar-refractivity contribution in [2.45, 2.75) is 21.5 Å². The molecule has 9 nitrogen and oxygen atoms in total. The van der Waals surface area contributed by atoms with E-state index in [0.717, 1.165) is 22.3 Å². The summed E-state index contributed by atoms with van der Waals surface area (Å²) >= 11 is 16.8. The van der Waals surface area contributed by atoms with Crippen LogP contribution in [-0.2, 0) is 24.4 Å². The fourth-order valence-electron chi connectivity index (χ4n) is 4.62. The van der Waals surface area contributed by atoms with Gasteiger partial charge in [0.15, 0.2) is 0 Å². The fourth-order valence-corrected chi connectivity index (χ4v) is 5.28. The van der Waals surface area contributed by atoms with E-state index in [1.165, 1.54) is 23.1 Å². The van der Waals surface area contributed by atoms with E-state index in [-0.39, 0.29) is 42.7 Å². The van der Waals surface area contributed by atoms with Gasteiger partial charge >= 0.3 is 12.1 Å². The van der Waals surface area contributed by atoms with Crippen LogP contribution in [0, 0.1) is 6.92 Å². The monoisotopic (exact) mass is 640 g/mol. The molecule has 13 heteroatoms. The van der Waals surface area contributed by atoms with Crippen molar-refractivity contribution in [2.75, 3.05) is 37.7 Å². The van der Waals surface area contributed by atoms with Crippen LogP contribution in [-0.4, -0.2) is 61.7 Å². The summed E-state index contributed by atoms with van der Waals surface area (Å²) in [5.74, 6) is -0.863. The Balaban J connectivity index is 1.51. The Labute approximate surface area is 253 Å². The zero-order valence-electron chi connectivity index (χ0n) is 21.8. The van der Waals surface area contributed by atoms with Gasteiger partial charge in [0.2, 0.25) is 3.79 Å². The quantitative estimate of drug-likeness (QED) is 0.129. The minimum absolute atomic E-state index is 0.00974. The van der Waals surface area contributed by atoms with Gasteiger partial charge in [-0.3, -0.25) is 14.2 Å². The lowest BCUT2D eigenvalue weighted by Crippen LogP contribution is -2.40. The van der Waals surface area contributed by atoms with Gasteiger partial charge in [0.1, 0.15) is 13.2 Å². The summed E-state index contributed by atoms with van der Waals surface area (Å²) < 4.78 is 42.2. The third-order valence-electron chi connectivity index (χ3n) is 6.50. The zero-order chi connectivity index (χ0) is 29.8. The molecule has 4 rings (SSSR count). The number of rotatable bonds is 10. The number of hydrogen-bond donors (Lipinski definition) is 2. The fraction of sp³-hybridized carbons (Fsp3) is 0.286. The van der Waals surface area contributed by atoms with Gasteiger partial charge < -0.3 is 14.8 Å². The number of hydrogen-bond acceptors (Lipinski definition) is 7. The van der Waals surface area contributed by atoms with Crippen molar-refractivity contribution in [3.63, 3.8) is 0 Å². The molecule has 0 saturated carbocycles. The highest BCUT2D eigenvalue weighted by Crippen LogP contribution is 2.44. The van der Waals surface area contributed by atoms with E-state index in [1.54, 1.807) is 6.92 Å². The Morgan fingerprint density at radius 3 is 2.17 bits per heavy atom. The van der Waals surface area contributed by atoms with Crippen LogP contribution in [0.25, 0.3) is 11.1 Å². The maximum atomic E-state index is 13.5. The maximum absolute atomic E-state index is 13.5. The number of ether oxygens (including phenoxy) is 2. The first kappa shape index (κ1) is 31.1. The van der Waals surface area contributed by atoms with Crippen molar-refractivity contribution < 1.29 is 32.0 Å². The van der Waals surface area contributed by atoms with Gasteiger partial charge in [-0.15, -0.1) is 0 Å². The number of carbonyl (C=O) groups is 2. The summed E-state index contributed by atoms with van der Waals surface area (Å²) in [6.07, 6.45) is -0.733. The largest absolute Gasteiger partial charge is 0.460 e. The van der Waals surface area contributed by atoms with Crippen LogP contribution in [0.5, 0.6) is 0 Å². The van der Waals surface area contributed by atoms with E-state index in [1.807, 2.05) is 48.5 Å². The number of anilines is 1. The molecule has 1 aliphatic rings. The predicted molar refractivity (Wildman–Crippen MR) is 158 cm³/mol. The molecule has 0 radical (unpaired) electrons. The lowest BCUT2D eigenvalue weighted by molar-refractivity contribution is -0.142. The van der Waals surface area contributed by atoms with Crippen LogP contribution in [0.15, 0.2) is 71.6 Å². The lowest BCUT2D eigenvalue weighted by Gasteiger charge is -2.25. The Hall–Kier alpha value is -2.86. The number of carbonyl (C=O) groups excluding carboxylic acids is 2. The number of esters is 1. The van der Waals surface area contributed by atoms with Crippen LogP contribution in [0.4, 0.5) is 10.5 Å². The normalized spacial score (nSPS) is 12.9. The second kappa shape index (κ2) is 13.0.